The van der Waals surface area contributed by atoms with Crippen LogP contribution in [-0.2, 0) is 4.74 Å². The maximum Gasteiger partial charge on any atom is 0.160 e. The highest BCUT2D eigenvalue weighted by atomic mass is 16.5. The first-order valence-corrected chi connectivity index (χ1v) is 11.0. The van der Waals surface area contributed by atoms with Gasteiger partial charge in [-0.05, 0) is 12.1 Å². The molecule has 4 heterocycles. The van der Waals surface area contributed by atoms with Crippen molar-refractivity contribution in [1.82, 2.24) is 19.6 Å². The Balaban J connectivity index is 1.36. The Morgan fingerprint density at radius 2 is 1.88 bits per heavy atom. The molecule has 0 unspecified atom stereocenters. The number of hydrogen-bond acceptors (Lipinski definition) is 6. The molecular weight excluding hydrogens is 414 g/mol. The van der Waals surface area contributed by atoms with Crippen LogP contribution >= 0.6 is 0 Å². The number of anilines is 2. The van der Waals surface area contributed by atoms with Gasteiger partial charge < -0.3 is 14.6 Å². The Labute approximate surface area is 190 Å². The lowest BCUT2D eigenvalue weighted by Gasteiger charge is -2.29. The van der Waals surface area contributed by atoms with Gasteiger partial charge in [0.15, 0.2) is 11.5 Å². The Kier molecular flexibility index (Phi) is 4.97. The first-order valence-electron chi connectivity index (χ1n) is 11.0. The molecule has 8 nitrogen and oxygen atoms in total. The number of hydrogen-bond donors (Lipinski definition) is 2. The number of aromatic nitrogens is 4. The number of H-pyrrole nitrogens is 1. The standard InChI is InChI=1S/C25H23N7O/c1-2-5-18(6-3-1)22-15-24-28-23(16-25(32(24)30-22)31-11-13-33-14-12-31)29-27-17-19-7-4-8-21-20(19)9-10-26-21/h1-10,15-17,26H,11-14H2,(H,28,29)/b27-17+. The zero-order valence-electron chi connectivity index (χ0n) is 18.0. The Hall–Kier alpha value is -4.17. The Bertz CT molecular complexity index is 1430. The van der Waals surface area contributed by atoms with Crippen LogP contribution in [0.4, 0.5) is 11.6 Å². The quantitative estimate of drug-likeness (QED) is 0.319. The molecule has 1 aliphatic rings. The van der Waals surface area contributed by atoms with Gasteiger partial charge in [-0.25, -0.2) is 4.98 Å². The molecule has 0 saturated carbocycles. The summed E-state index contributed by atoms with van der Waals surface area (Å²) in [6, 6.07) is 22.3. The molecule has 5 aromatic rings. The topological polar surface area (TPSA) is 82.8 Å². The van der Waals surface area contributed by atoms with Crippen LogP contribution in [0.1, 0.15) is 5.56 Å². The van der Waals surface area contributed by atoms with Crippen LogP contribution in [0, 0.1) is 0 Å². The molecule has 1 saturated heterocycles. The minimum atomic E-state index is 0.668. The third-order valence-corrected chi connectivity index (χ3v) is 5.82. The smallest absolute Gasteiger partial charge is 0.160 e. The molecule has 0 atom stereocenters. The van der Waals surface area contributed by atoms with Crippen molar-refractivity contribution < 1.29 is 4.74 Å². The van der Waals surface area contributed by atoms with Crippen molar-refractivity contribution in [3.05, 3.63) is 78.5 Å². The van der Waals surface area contributed by atoms with Crippen molar-refractivity contribution >= 4 is 34.4 Å². The van der Waals surface area contributed by atoms with E-state index in [4.69, 9.17) is 14.8 Å². The fourth-order valence-electron chi connectivity index (χ4n) is 4.17. The second-order valence-electron chi connectivity index (χ2n) is 7.92. The number of hydrazone groups is 1. The first-order chi connectivity index (χ1) is 16.3. The van der Waals surface area contributed by atoms with Gasteiger partial charge in [-0.3, -0.25) is 5.43 Å². The van der Waals surface area contributed by atoms with E-state index in [-0.39, 0.29) is 0 Å². The third-order valence-electron chi connectivity index (χ3n) is 5.82. The van der Waals surface area contributed by atoms with Crippen molar-refractivity contribution in [1.29, 1.82) is 0 Å². The molecule has 1 aliphatic heterocycles. The summed E-state index contributed by atoms with van der Waals surface area (Å²) in [4.78, 5) is 10.3. The number of rotatable bonds is 5. The van der Waals surface area contributed by atoms with E-state index >= 15 is 0 Å². The lowest BCUT2D eigenvalue weighted by atomic mass is 10.1. The predicted molar refractivity (Wildman–Crippen MR) is 131 cm³/mol. The lowest BCUT2D eigenvalue weighted by Crippen LogP contribution is -2.37. The molecule has 0 bridgehead atoms. The molecule has 2 aromatic carbocycles. The zero-order valence-corrected chi connectivity index (χ0v) is 18.0. The van der Waals surface area contributed by atoms with Gasteiger partial charge in [0.05, 0.1) is 25.1 Å². The zero-order chi connectivity index (χ0) is 22.0. The summed E-state index contributed by atoms with van der Waals surface area (Å²) >= 11 is 0. The van der Waals surface area contributed by atoms with Crippen molar-refractivity contribution in [2.75, 3.05) is 36.6 Å². The molecule has 0 amide bonds. The largest absolute Gasteiger partial charge is 0.378 e. The van der Waals surface area contributed by atoms with E-state index in [1.807, 2.05) is 65.5 Å². The van der Waals surface area contributed by atoms with Gasteiger partial charge in [-0.1, -0.05) is 42.5 Å². The molecule has 33 heavy (non-hydrogen) atoms. The molecule has 0 radical (unpaired) electrons. The minimum absolute atomic E-state index is 0.668. The average Bonchev–Trinajstić information content (AvgIpc) is 3.52. The maximum atomic E-state index is 5.55. The molecule has 2 N–H and O–H groups in total. The highest BCUT2D eigenvalue weighted by molar-refractivity contribution is 5.98. The molecule has 164 valence electrons. The average molecular weight is 438 g/mol. The third kappa shape index (κ3) is 3.81. The molecule has 3 aromatic heterocycles. The number of fused-ring (bicyclic) bond motifs is 2. The fraction of sp³-hybridized carbons (Fsp3) is 0.160. The summed E-state index contributed by atoms with van der Waals surface area (Å²) in [6.07, 6.45) is 3.76. The van der Waals surface area contributed by atoms with Crippen molar-refractivity contribution in [3.63, 3.8) is 0 Å². The van der Waals surface area contributed by atoms with Crippen molar-refractivity contribution in [2.24, 2.45) is 5.10 Å². The number of morpholine rings is 1. The van der Waals surface area contributed by atoms with Crippen molar-refractivity contribution in [2.45, 2.75) is 0 Å². The van der Waals surface area contributed by atoms with Gasteiger partial charge in [0, 0.05) is 53.4 Å². The van der Waals surface area contributed by atoms with Crippen LogP contribution in [0.5, 0.6) is 0 Å². The summed E-state index contributed by atoms with van der Waals surface area (Å²) in [5.74, 6) is 1.64. The maximum absolute atomic E-state index is 5.55. The summed E-state index contributed by atoms with van der Waals surface area (Å²) < 4.78 is 7.46. The summed E-state index contributed by atoms with van der Waals surface area (Å²) in [7, 11) is 0. The molecular formula is C25H23N7O. The van der Waals surface area contributed by atoms with Gasteiger partial charge in [0.2, 0.25) is 0 Å². The van der Waals surface area contributed by atoms with Crippen LogP contribution in [0.2, 0.25) is 0 Å². The van der Waals surface area contributed by atoms with E-state index in [0.29, 0.717) is 19.0 Å². The minimum Gasteiger partial charge on any atom is -0.378 e. The second kappa shape index (κ2) is 8.40. The molecule has 1 fully saturated rings. The first kappa shape index (κ1) is 19.5. The van der Waals surface area contributed by atoms with Crippen LogP contribution in [0.3, 0.4) is 0 Å². The SMILES string of the molecule is C(=N\Nc1cc(N2CCOCC2)n2nc(-c3ccccc3)cc2n1)/c1cccc2[nH]ccc12. The molecule has 0 spiro atoms. The van der Waals surface area contributed by atoms with Crippen LogP contribution in [0.25, 0.3) is 27.8 Å². The summed E-state index contributed by atoms with van der Waals surface area (Å²) in [5.41, 5.74) is 7.95. The highest BCUT2D eigenvalue weighted by Gasteiger charge is 2.18. The number of nitrogens with zero attached hydrogens (tertiary/aromatic N) is 5. The van der Waals surface area contributed by atoms with Crippen molar-refractivity contribution in [3.8, 4) is 11.3 Å². The number of nitrogens with one attached hydrogen (secondary N) is 2. The van der Waals surface area contributed by atoms with Crippen LogP contribution in [0.15, 0.2) is 78.0 Å². The fourth-order valence-corrected chi connectivity index (χ4v) is 4.17. The van der Waals surface area contributed by atoms with E-state index in [1.54, 1.807) is 0 Å². The van der Waals surface area contributed by atoms with E-state index in [0.717, 1.165) is 52.3 Å². The lowest BCUT2D eigenvalue weighted by molar-refractivity contribution is 0.122. The highest BCUT2D eigenvalue weighted by Crippen LogP contribution is 2.26. The second-order valence-corrected chi connectivity index (χ2v) is 7.92. The summed E-state index contributed by atoms with van der Waals surface area (Å²) in [5, 5.41) is 10.5. The monoisotopic (exact) mass is 437 g/mol. The van der Waals surface area contributed by atoms with E-state index < -0.39 is 0 Å². The van der Waals surface area contributed by atoms with Gasteiger partial charge in [-0.2, -0.15) is 14.7 Å². The van der Waals surface area contributed by atoms with Crippen LogP contribution in [-0.4, -0.2) is 52.1 Å². The number of aromatic amines is 1. The summed E-state index contributed by atoms with van der Waals surface area (Å²) in [6.45, 7) is 2.99. The normalized spacial score (nSPS) is 14.5. The van der Waals surface area contributed by atoms with E-state index in [2.05, 4.69) is 38.6 Å². The van der Waals surface area contributed by atoms with Crippen LogP contribution < -0.4 is 10.3 Å². The predicted octanol–water partition coefficient (Wildman–Crippen LogP) is 4.16. The molecule has 6 rings (SSSR count). The van der Waals surface area contributed by atoms with E-state index in [9.17, 15) is 0 Å². The van der Waals surface area contributed by atoms with Gasteiger partial charge in [0.1, 0.15) is 5.82 Å². The van der Waals surface area contributed by atoms with Gasteiger partial charge in [0.25, 0.3) is 0 Å². The van der Waals surface area contributed by atoms with Gasteiger partial charge >= 0.3 is 0 Å². The molecule has 8 heteroatoms. The Morgan fingerprint density at radius 1 is 1.00 bits per heavy atom. The van der Waals surface area contributed by atoms with E-state index in [1.165, 1.54) is 0 Å². The Morgan fingerprint density at radius 3 is 2.76 bits per heavy atom. The molecule has 0 aliphatic carbocycles. The number of ether oxygens (including phenoxy) is 1. The van der Waals surface area contributed by atoms with Gasteiger partial charge in [-0.15, -0.1) is 0 Å². The number of benzene rings is 2.